The van der Waals surface area contributed by atoms with Crippen LogP contribution in [0.2, 0.25) is 5.15 Å². The van der Waals surface area contributed by atoms with E-state index in [9.17, 15) is 44.7 Å². The molecular weight excluding hydrogens is 1370 g/mol. The largest absolute Gasteiger partial charge is 0.478 e. The zero-order chi connectivity index (χ0) is 71.4. The lowest BCUT2D eigenvalue weighted by Crippen LogP contribution is -2.44. The van der Waals surface area contributed by atoms with Crippen LogP contribution in [0, 0.1) is 30.3 Å². The molecule has 0 bridgehead atoms. The molecule has 0 saturated carbocycles. The van der Waals surface area contributed by atoms with E-state index in [4.69, 9.17) is 33.9 Å². The number of piperazine rings is 3. The SMILES string of the molecule is CN1CCN(c2ccc(C(=O)Nc3nc(-c4cccs4)ccc3N)cn2)CC1.CN1CCN(c2ccc(C(=O)Nc3nc(-c4cccs4)ccc3[N+](=O)[O-])cn2)CC1.CN1CCN(c2ccc(C(=O)O)cn2)CC1.Nc1nc(-c2cccs2)ccc1[N+](=O)[O-].Nc1nc(Cl)ccc1[N+](=O)[O-]. The van der Waals surface area contributed by atoms with E-state index in [0.717, 1.165) is 116 Å². The molecular formula is C65H68ClN21O10S3. The Kier molecular flexibility index (Phi) is 25.4. The monoisotopic (exact) mass is 1430 g/mol. The van der Waals surface area contributed by atoms with Gasteiger partial charge >= 0.3 is 23.0 Å². The summed E-state index contributed by atoms with van der Waals surface area (Å²) in [5.74, 6) is 0.916. The van der Waals surface area contributed by atoms with Crippen molar-refractivity contribution in [3.8, 4) is 31.7 Å². The maximum absolute atomic E-state index is 12.7. The van der Waals surface area contributed by atoms with E-state index in [1.165, 1.54) is 59.3 Å². The van der Waals surface area contributed by atoms with Crippen molar-refractivity contribution in [1.82, 2.24) is 49.6 Å². The van der Waals surface area contributed by atoms with Crippen LogP contribution in [0.1, 0.15) is 31.1 Å². The zero-order valence-corrected chi connectivity index (χ0v) is 57.3. The topological polar surface area (TPSA) is 413 Å². The minimum Gasteiger partial charge on any atom is -0.478 e. The van der Waals surface area contributed by atoms with Crippen LogP contribution in [0.25, 0.3) is 31.7 Å². The number of amides is 2. The second-order valence-corrected chi connectivity index (χ2v) is 25.6. The predicted octanol–water partition coefficient (Wildman–Crippen LogP) is 9.97. The molecule has 0 unspecified atom stereocenters. The molecule has 9 N–H and O–H groups in total. The van der Waals surface area contributed by atoms with Crippen molar-refractivity contribution in [1.29, 1.82) is 0 Å². The fourth-order valence-corrected chi connectivity index (χ4v) is 12.0. The van der Waals surface area contributed by atoms with Gasteiger partial charge in [0, 0.05) is 115 Å². The third kappa shape index (κ3) is 20.2. The van der Waals surface area contributed by atoms with Crippen LogP contribution in [0.3, 0.4) is 0 Å². The Morgan fingerprint density at radius 3 is 1.15 bits per heavy atom. The van der Waals surface area contributed by atoms with Crippen LogP contribution in [0.4, 0.5) is 63.5 Å². The van der Waals surface area contributed by atoms with Gasteiger partial charge in [-0.15, -0.1) is 34.0 Å². The summed E-state index contributed by atoms with van der Waals surface area (Å²) in [4.78, 5) is 112. The van der Waals surface area contributed by atoms with Gasteiger partial charge in [0.25, 0.3) is 11.8 Å². The molecule has 0 atom stereocenters. The molecule has 0 aliphatic carbocycles. The molecule has 13 rings (SSSR count). The van der Waals surface area contributed by atoms with Gasteiger partial charge in [-0.3, -0.25) is 39.9 Å². The Bertz CT molecular complexity index is 4410. The first-order valence-electron chi connectivity index (χ1n) is 30.6. The fourth-order valence-electron chi connectivity index (χ4n) is 9.75. The molecule has 31 nitrogen and oxygen atoms in total. The minimum atomic E-state index is -0.933. The molecule has 3 saturated heterocycles. The highest BCUT2D eigenvalue weighted by atomic mass is 35.5. The number of anilines is 8. The first kappa shape index (κ1) is 73.0. The number of carbonyl (C=O) groups is 3. The number of carboxylic acid groups (broad SMARTS) is 1. The average Bonchev–Trinajstić information content (AvgIpc) is 1.28. The number of carboxylic acids is 1. The molecule has 10 aromatic heterocycles. The maximum Gasteiger partial charge on any atom is 0.337 e. The molecule has 0 radical (unpaired) electrons. The number of nitrogens with two attached hydrogens (primary N) is 3. The summed E-state index contributed by atoms with van der Waals surface area (Å²) < 4.78 is 0. The number of carbonyl (C=O) groups excluding carboxylic acids is 2. The number of likely N-dealkylation sites (N-methyl/N-ethyl adjacent to an activating group) is 3. The molecule has 0 aromatic carbocycles. The number of aromatic nitrogens is 7. The first-order valence-corrected chi connectivity index (χ1v) is 33.6. The molecule has 2 amide bonds. The Labute approximate surface area is 589 Å². The Morgan fingerprint density at radius 2 is 0.800 bits per heavy atom. The van der Waals surface area contributed by atoms with Gasteiger partial charge < -0.3 is 62.3 Å². The molecule has 0 spiro atoms. The highest BCUT2D eigenvalue weighted by Crippen LogP contribution is 2.32. The quantitative estimate of drug-likeness (QED) is 0.0335. The number of aromatic carboxylic acids is 1. The van der Waals surface area contributed by atoms with Gasteiger partial charge in [-0.2, -0.15) is 0 Å². The highest BCUT2D eigenvalue weighted by molar-refractivity contribution is 7.14. The Hall–Kier alpha value is -11.3. The Morgan fingerprint density at radius 1 is 0.450 bits per heavy atom. The van der Waals surface area contributed by atoms with Gasteiger partial charge in [0.1, 0.15) is 22.6 Å². The summed E-state index contributed by atoms with van der Waals surface area (Å²) in [5.41, 5.74) is 19.5. The zero-order valence-electron chi connectivity index (χ0n) is 54.1. The van der Waals surface area contributed by atoms with Crippen LogP contribution in [0.5, 0.6) is 0 Å². The van der Waals surface area contributed by atoms with Crippen molar-refractivity contribution in [2.24, 2.45) is 0 Å². The second-order valence-electron chi connectivity index (χ2n) is 22.3. The number of hydrogen-bond donors (Lipinski definition) is 6. The fraction of sp³-hybridized carbons (Fsp3) is 0.231. The molecule has 10 aromatic rings. The second kappa shape index (κ2) is 34.8. The van der Waals surface area contributed by atoms with Crippen LogP contribution in [0.15, 0.2) is 156 Å². The summed E-state index contributed by atoms with van der Waals surface area (Å²) in [6.07, 6.45) is 4.50. The predicted molar refractivity (Wildman–Crippen MR) is 390 cm³/mol. The van der Waals surface area contributed by atoms with Gasteiger partial charge in [0.2, 0.25) is 17.5 Å². The molecule has 35 heteroatoms. The van der Waals surface area contributed by atoms with Crippen molar-refractivity contribution in [3.05, 3.63) is 208 Å². The summed E-state index contributed by atoms with van der Waals surface area (Å²) in [5, 5.41) is 52.1. The molecule has 518 valence electrons. The van der Waals surface area contributed by atoms with Crippen LogP contribution < -0.4 is 42.5 Å². The minimum absolute atomic E-state index is 0.0501. The lowest BCUT2D eigenvalue weighted by Gasteiger charge is -2.33. The van der Waals surface area contributed by atoms with Crippen LogP contribution >= 0.6 is 45.6 Å². The number of nitrogen functional groups attached to an aromatic ring is 3. The lowest BCUT2D eigenvalue weighted by molar-refractivity contribution is -0.384. The van der Waals surface area contributed by atoms with E-state index in [1.54, 1.807) is 66.1 Å². The molecule has 13 heterocycles. The number of pyridine rings is 7. The van der Waals surface area contributed by atoms with Gasteiger partial charge in [-0.05, 0) is 122 Å². The van der Waals surface area contributed by atoms with Gasteiger partial charge in [-0.25, -0.2) is 39.7 Å². The molecule has 3 fully saturated rings. The van der Waals surface area contributed by atoms with E-state index in [-0.39, 0.29) is 51.1 Å². The van der Waals surface area contributed by atoms with Gasteiger partial charge in [0.15, 0.2) is 5.82 Å². The lowest BCUT2D eigenvalue weighted by atomic mass is 10.2. The van der Waals surface area contributed by atoms with E-state index in [2.05, 4.69) is 96.1 Å². The number of rotatable bonds is 14. The van der Waals surface area contributed by atoms with Crippen molar-refractivity contribution < 1.29 is 34.3 Å². The smallest absolute Gasteiger partial charge is 0.337 e. The Balaban J connectivity index is 0.000000153. The van der Waals surface area contributed by atoms with E-state index < -0.39 is 26.6 Å². The molecule has 3 aliphatic rings. The first-order chi connectivity index (χ1) is 48.1. The molecule has 3 aliphatic heterocycles. The number of nitrogens with zero attached hydrogens (tertiary/aromatic N) is 16. The third-order valence-electron chi connectivity index (χ3n) is 15.4. The number of thiophene rings is 3. The van der Waals surface area contributed by atoms with E-state index >= 15 is 0 Å². The summed E-state index contributed by atoms with van der Waals surface area (Å²) in [6, 6.07) is 34.0. The highest BCUT2D eigenvalue weighted by Gasteiger charge is 2.23. The third-order valence-corrected chi connectivity index (χ3v) is 18.3. The molecule has 100 heavy (non-hydrogen) atoms. The van der Waals surface area contributed by atoms with Crippen molar-refractivity contribution in [2.45, 2.75) is 0 Å². The summed E-state index contributed by atoms with van der Waals surface area (Å²) >= 11 is 9.97. The number of halogens is 1. The average molecular weight is 1440 g/mol. The number of nitro groups is 3. The van der Waals surface area contributed by atoms with Crippen molar-refractivity contribution in [3.63, 3.8) is 0 Å². The van der Waals surface area contributed by atoms with E-state index in [1.807, 2.05) is 64.7 Å². The van der Waals surface area contributed by atoms with Gasteiger partial charge in [-0.1, -0.05) is 29.8 Å². The van der Waals surface area contributed by atoms with Crippen LogP contribution in [-0.4, -0.2) is 187 Å². The van der Waals surface area contributed by atoms with Gasteiger partial charge in [0.05, 0.1) is 68.9 Å². The van der Waals surface area contributed by atoms with Crippen molar-refractivity contribution in [2.75, 3.05) is 142 Å². The summed E-state index contributed by atoms with van der Waals surface area (Å²) in [6.45, 7) is 11.5. The number of hydrogen-bond acceptors (Lipinski definition) is 28. The maximum atomic E-state index is 12.7. The number of nitrogens with one attached hydrogen (secondary N) is 2. The standard InChI is InChI=1S/C20H20N6O3S.C20H22N6OS.C11H15N3O2.C9H7N3O2S.C5H4ClN3O2/c1-24-8-10-25(11-9-24)18-7-4-14(13-21-18)20(27)23-19-16(26(28)29)6-5-15(22-19)17-3-2-12-30-17;1-25-8-10-26(11-9-25)18-7-4-14(13-22-18)20(27)24-19-15(21)5-6-16(23-19)17-3-2-12-28-17;1-13-4-6-14(7-5-13)10-3-2-9(8-12-10)11(15)16;10-9-7(12(13)14)4-3-6(11-9)8-2-1-5-15-8;6-4-2-1-3(9(10)11)5(7)8-4/h2-7,12-13H,8-11H2,1H3,(H,22,23,27);2-7,12-13H,8-11,21H2,1H3,(H,23,24,27);2-3,8H,4-7H2,1H3,(H,15,16);1-5H,(H2,10,11);1-2H,(H2,7,8). The van der Waals surface area contributed by atoms with Crippen LogP contribution in [-0.2, 0) is 0 Å². The van der Waals surface area contributed by atoms with Crippen molar-refractivity contribution >= 4 is 127 Å². The summed E-state index contributed by atoms with van der Waals surface area (Å²) in [7, 11) is 6.29. The van der Waals surface area contributed by atoms with E-state index in [0.29, 0.717) is 34.0 Å². The normalized spacial score (nSPS) is 13.9.